The Labute approximate surface area is 338 Å². The summed E-state index contributed by atoms with van der Waals surface area (Å²) in [5, 5.41) is 0. The predicted molar refractivity (Wildman–Crippen MR) is 241 cm³/mol. The number of oxazole rings is 1. The van der Waals surface area contributed by atoms with Gasteiger partial charge in [0.15, 0.2) is 0 Å². The molecule has 0 bridgehead atoms. The minimum atomic E-state index is -0.276. The maximum absolute atomic E-state index is 7.12. The van der Waals surface area contributed by atoms with Gasteiger partial charge in [-0.25, -0.2) is 4.98 Å². The fraction of sp³-hybridized carbons (Fsp3) is 0.471. The number of hydrogen-bond acceptors (Lipinski definition) is 4. The molecule has 0 amide bonds. The van der Waals surface area contributed by atoms with Crippen molar-refractivity contribution in [1.82, 2.24) is 4.98 Å². The van der Waals surface area contributed by atoms with Crippen LogP contribution in [0.4, 0.5) is 34.3 Å². The Hall–Kier alpha value is -4.25. The Bertz CT molecular complexity index is 2370. The zero-order valence-corrected chi connectivity index (χ0v) is 37.2. The Kier molecular flexibility index (Phi) is 8.37. The van der Waals surface area contributed by atoms with Gasteiger partial charge in [-0.3, -0.25) is 4.90 Å². The van der Waals surface area contributed by atoms with E-state index >= 15 is 0 Å². The highest BCUT2D eigenvalue weighted by Crippen LogP contribution is 2.51. The van der Waals surface area contributed by atoms with E-state index in [4.69, 9.17) is 9.40 Å². The number of fused-ring (bicyclic) bond motifs is 5. The van der Waals surface area contributed by atoms with Crippen LogP contribution in [0.15, 0.2) is 77.2 Å². The summed E-state index contributed by atoms with van der Waals surface area (Å²) in [7, 11) is 0. The van der Waals surface area contributed by atoms with Crippen molar-refractivity contribution < 1.29 is 4.42 Å². The summed E-state index contributed by atoms with van der Waals surface area (Å²) in [4.78, 5) is 10.5. The second-order valence-electron chi connectivity index (χ2n) is 22.6. The van der Waals surface area contributed by atoms with Gasteiger partial charge >= 0.3 is 0 Å². The number of rotatable bonds is 2. The van der Waals surface area contributed by atoms with Crippen LogP contribution in [0.3, 0.4) is 0 Å². The van der Waals surface area contributed by atoms with Crippen molar-refractivity contribution in [1.29, 1.82) is 0 Å². The molecular formula is C51H64BN3O. The predicted octanol–water partition coefficient (Wildman–Crippen LogP) is 12.3. The minimum absolute atomic E-state index is 0.0267. The highest BCUT2D eigenvalue weighted by Gasteiger charge is 2.49. The minimum Gasteiger partial charge on any atom is -0.424 e. The summed E-state index contributed by atoms with van der Waals surface area (Å²) in [5.74, 6) is 1.61. The molecule has 0 unspecified atom stereocenters. The second-order valence-corrected chi connectivity index (χ2v) is 22.6. The van der Waals surface area contributed by atoms with E-state index in [0.717, 1.165) is 29.5 Å². The summed E-state index contributed by atoms with van der Waals surface area (Å²) >= 11 is 0. The van der Waals surface area contributed by atoms with E-state index in [2.05, 4.69) is 193 Å². The Morgan fingerprint density at radius 2 is 1.07 bits per heavy atom. The van der Waals surface area contributed by atoms with E-state index in [9.17, 15) is 0 Å². The lowest BCUT2D eigenvalue weighted by molar-refractivity contribution is 0.332. The molecule has 4 aromatic carbocycles. The van der Waals surface area contributed by atoms with Crippen molar-refractivity contribution in [3.63, 3.8) is 0 Å². The van der Waals surface area contributed by atoms with Crippen molar-refractivity contribution in [2.75, 3.05) is 9.80 Å². The molecule has 0 fully saturated rings. The SMILES string of the molecule is CC(C)(C)c1ccc(N2c3ccc(C(C)(C)C)cc3B3c4nc(C(C)(C)C)oc4N(c4ccc5c(c4)C(C)(C)CCC5(C)C)c4cc(C(C)(C)C)cc2c43)cc1. The molecule has 1 aliphatic carbocycles. The number of nitrogens with zero attached hydrogens (tertiary/aromatic N) is 3. The van der Waals surface area contributed by atoms with Crippen molar-refractivity contribution in [3.05, 3.63) is 107 Å². The van der Waals surface area contributed by atoms with Crippen LogP contribution in [-0.4, -0.2) is 11.7 Å². The van der Waals surface area contributed by atoms with Crippen molar-refractivity contribution in [3.8, 4) is 0 Å². The molecule has 0 saturated heterocycles. The molecule has 5 aromatic rings. The molecule has 0 spiro atoms. The Morgan fingerprint density at radius 3 is 1.64 bits per heavy atom. The second kappa shape index (κ2) is 12.1. The van der Waals surface area contributed by atoms with Gasteiger partial charge in [0.25, 0.3) is 6.71 Å². The first-order valence-electron chi connectivity index (χ1n) is 21.0. The van der Waals surface area contributed by atoms with Crippen LogP contribution in [0.5, 0.6) is 0 Å². The third kappa shape index (κ3) is 6.14. The molecule has 1 aromatic heterocycles. The molecule has 4 nitrogen and oxygen atoms in total. The third-order valence-corrected chi connectivity index (χ3v) is 13.1. The molecule has 292 valence electrons. The van der Waals surface area contributed by atoms with Gasteiger partial charge in [-0.05, 0) is 121 Å². The normalized spacial score (nSPS) is 17.3. The monoisotopic (exact) mass is 746 g/mol. The Balaban J connectivity index is 1.49. The van der Waals surface area contributed by atoms with Gasteiger partial charge in [0, 0.05) is 33.9 Å². The van der Waals surface area contributed by atoms with E-state index in [1.807, 2.05) is 0 Å². The smallest absolute Gasteiger partial charge is 0.279 e. The molecule has 0 N–H and O–H groups in total. The molecule has 8 rings (SSSR count). The molecule has 3 aliphatic rings. The number of aromatic nitrogens is 1. The van der Waals surface area contributed by atoms with Gasteiger partial charge in [0.05, 0.1) is 5.59 Å². The van der Waals surface area contributed by atoms with Crippen LogP contribution < -0.4 is 26.3 Å². The van der Waals surface area contributed by atoms with Crippen LogP contribution >= 0.6 is 0 Å². The lowest BCUT2D eigenvalue weighted by atomic mass is 9.35. The van der Waals surface area contributed by atoms with Crippen molar-refractivity contribution >= 4 is 57.6 Å². The largest absolute Gasteiger partial charge is 0.424 e. The summed E-state index contributed by atoms with van der Waals surface area (Å²) in [5.41, 5.74) is 16.1. The molecule has 2 aliphatic heterocycles. The molecule has 3 heterocycles. The third-order valence-electron chi connectivity index (χ3n) is 13.1. The van der Waals surface area contributed by atoms with E-state index in [1.165, 1.54) is 67.9 Å². The summed E-state index contributed by atoms with van der Waals surface area (Å²) < 4.78 is 7.12. The first kappa shape index (κ1) is 38.6. The van der Waals surface area contributed by atoms with Crippen LogP contribution in [0, 0.1) is 0 Å². The van der Waals surface area contributed by atoms with E-state index < -0.39 is 0 Å². The van der Waals surface area contributed by atoms with Crippen LogP contribution in [-0.2, 0) is 32.5 Å². The number of hydrogen-bond donors (Lipinski definition) is 0. The summed E-state index contributed by atoms with van der Waals surface area (Å²) in [6.07, 6.45) is 2.34. The molecular weight excluding hydrogens is 681 g/mol. The van der Waals surface area contributed by atoms with Gasteiger partial charge in [-0.1, -0.05) is 141 Å². The van der Waals surface area contributed by atoms with Crippen LogP contribution in [0.1, 0.15) is 157 Å². The maximum atomic E-state index is 7.12. The summed E-state index contributed by atoms with van der Waals surface area (Å²) in [6.45, 7) is 37.0. The first-order chi connectivity index (χ1) is 25.8. The lowest BCUT2D eigenvalue weighted by Gasteiger charge is -2.44. The zero-order chi connectivity index (χ0) is 40.7. The van der Waals surface area contributed by atoms with E-state index in [0.29, 0.717) is 0 Å². The fourth-order valence-electron chi connectivity index (χ4n) is 9.21. The average Bonchev–Trinajstić information content (AvgIpc) is 3.54. The molecule has 5 heteroatoms. The van der Waals surface area contributed by atoms with E-state index in [-0.39, 0.29) is 39.2 Å². The zero-order valence-electron chi connectivity index (χ0n) is 37.2. The van der Waals surface area contributed by atoms with Gasteiger partial charge in [0.2, 0.25) is 11.8 Å². The van der Waals surface area contributed by atoms with Crippen LogP contribution in [0.25, 0.3) is 0 Å². The number of benzene rings is 4. The standard InChI is InChI=1S/C51H64BN3O/c1-46(2,3)31-17-20-34(21-18-31)54-39-24-19-32(47(4,5)6)27-38(39)52-42-40(54)28-33(48(7,8)9)29-41(42)55(44-43(52)53-45(56-44)49(10,11)12)35-22-23-36-37(30-35)51(15,16)26-25-50(36,13)14/h17-24,27-30H,25-26H2,1-16H3. The molecule has 56 heavy (non-hydrogen) atoms. The van der Waals surface area contributed by atoms with Gasteiger partial charge < -0.3 is 9.32 Å². The molecule has 0 atom stereocenters. The number of anilines is 6. The lowest BCUT2D eigenvalue weighted by Crippen LogP contribution is -2.62. The quantitative estimate of drug-likeness (QED) is 0.165. The van der Waals surface area contributed by atoms with E-state index in [1.54, 1.807) is 0 Å². The summed E-state index contributed by atoms with van der Waals surface area (Å²) in [6, 6.07) is 28.6. The van der Waals surface area contributed by atoms with Gasteiger partial charge in [0.1, 0.15) is 0 Å². The molecule has 0 saturated carbocycles. The highest BCUT2D eigenvalue weighted by molar-refractivity contribution is 6.99. The topological polar surface area (TPSA) is 32.5 Å². The fourth-order valence-corrected chi connectivity index (χ4v) is 9.21. The van der Waals surface area contributed by atoms with Crippen molar-refractivity contribution in [2.24, 2.45) is 0 Å². The molecule has 0 radical (unpaired) electrons. The average molecular weight is 746 g/mol. The van der Waals surface area contributed by atoms with Gasteiger partial charge in [-0.15, -0.1) is 0 Å². The van der Waals surface area contributed by atoms with Crippen LogP contribution in [0.2, 0.25) is 0 Å². The van der Waals surface area contributed by atoms with Crippen molar-refractivity contribution in [2.45, 2.75) is 156 Å². The van der Waals surface area contributed by atoms with Gasteiger partial charge in [-0.2, -0.15) is 0 Å². The Morgan fingerprint density at radius 1 is 0.536 bits per heavy atom. The maximum Gasteiger partial charge on any atom is 0.279 e. The first-order valence-corrected chi connectivity index (χ1v) is 21.0. The highest BCUT2D eigenvalue weighted by atomic mass is 16.4.